The molecule has 2 aromatic rings. The van der Waals surface area contributed by atoms with Gasteiger partial charge in [-0.3, -0.25) is 9.89 Å². The second-order valence-corrected chi connectivity index (χ2v) is 5.86. The molecule has 0 aliphatic carbocycles. The van der Waals surface area contributed by atoms with Crippen molar-refractivity contribution in [2.24, 2.45) is 0 Å². The number of aromatic nitrogens is 3. The third kappa shape index (κ3) is 2.73. The number of aryl methyl sites for hydroxylation is 1. The zero-order chi connectivity index (χ0) is 13.9. The summed E-state index contributed by atoms with van der Waals surface area (Å²) in [6.07, 6.45) is 2.50. The number of nitrogens with zero attached hydrogens (tertiary/aromatic N) is 2. The van der Waals surface area contributed by atoms with Crippen LogP contribution in [-0.2, 0) is 11.3 Å². The molecule has 1 atom stereocenters. The number of carbonyl (C=O) groups is 1. The zero-order valence-corrected chi connectivity index (χ0v) is 12.0. The SMILES string of the molecule is Cc1nc(CNC(=O)c2cn[nH]c2C2CCOC2)cs1. The zero-order valence-electron chi connectivity index (χ0n) is 11.2. The van der Waals surface area contributed by atoms with Gasteiger partial charge in [-0.2, -0.15) is 5.10 Å². The van der Waals surface area contributed by atoms with Crippen molar-refractivity contribution in [1.82, 2.24) is 20.5 Å². The molecule has 106 valence electrons. The summed E-state index contributed by atoms with van der Waals surface area (Å²) in [6.45, 7) is 3.77. The first kappa shape index (κ1) is 13.3. The first-order valence-electron chi connectivity index (χ1n) is 6.54. The lowest BCUT2D eigenvalue weighted by Gasteiger charge is -2.08. The van der Waals surface area contributed by atoms with E-state index in [1.165, 1.54) is 0 Å². The van der Waals surface area contributed by atoms with Gasteiger partial charge in [0.15, 0.2) is 0 Å². The molecule has 1 saturated heterocycles. The van der Waals surface area contributed by atoms with Gasteiger partial charge in [-0.15, -0.1) is 11.3 Å². The molecule has 1 aliphatic rings. The maximum Gasteiger partial charge on any atom is 0.255 e. The Morgan fingerprint density at radius 1 is 1.65 bits per heavy atom. The number of rotatable bonds is 4. The minimum absolute atomic E-state index is 0.119. The third-order valence-corrected chi connectivity index (χ3v) is 4.17. The van der Waals surface area contributed by atoms with Crippen molar-refractivity contribution in [3.05, 3.63) is 33.5 Å². The van der Waals surface area contributed by atoms with E-state index in [1.807, 2.05) is 12.3 Å². The van der Waals surface area contributed by atoms with Crippen LogP contribution in [0.4, 0.5) is 0 Å². The average molecular weight is 292 g/mol. The minimum Gasteiger partial charge on any atom is -0.381 e. The van der Waals surface area contributed by atoms with Crippen molar-refractivity contribution in [2.45, 2.75) is 25.8 Å². The molecule has 7 heteroatoms. The Morgan fingerprint density at radius 2 is 2.55 bits per heavy atom. The highest BCUT2D eigenvalue weighted by Gasteiger charge is 2.25. The molecule has 0 aromatic carbocycles. The monoisotopic (exact) mass is 292 g/mol. The Hall–Kier alpha value is -1.73. The molecule has 2 aromatic heterocycles. The summed E-state index contributed by atoms with van der Waals surface area (Å²) in [4.78, 5) is 16.6. The fourth-order valence-electron chi connectivity index (χ4n) is 2.31. The Bertz CT molecular complexity index is 601. The topological polar surface area (TPSA) is 79.9 Å². The highest BCUT2D eigenvalue weighted by atomic mass is 32.1. The summed E-state index contributed by atoms with van der Waals surface area (Å²) >= 11 is 1.58. The fourth-order valence-corrected chi connectivity index (χ4v) is 2.92. The molecule has 1 amide bonds. The molecule has 6 nitrogen and oxygen atoms in total. The number of aromatic amines is 1. The quantitative estimate of drug-likeness (QED) is 0.897. The van der Waals surface area contributed by atoms with Crippen LogP contribution in [-0.4, -0.2) is 34.3 Å². The number of ether oxygens (including phenoxy) is 1. The van der Waals surface area contributed by atoms with E-state index in [-0.39, 0.29) is 11.8 Å². The van der Waals surface area contributed by atoms with Crippen molar-refractivity contribution in [2.75, 3.05) is 13.2 Å². The summed E-state index contributed by atoms with van der Waals surface area (Å²) in [6, 6.07) is 0. The van der Waals surface area contributed by atoms with Gasteiger partial charge in [-0.1, -0.05) is 0 Å². The Balaban J connectivity index is 1.66. The molecule has 0 spiro atoms. The highest BCUT2D eigenvalue weighted by Crippen LogP contribution is 2.26. The Morgan fingerprint density at radius 3 is 3.25 bits per heavy atom. The first-order valence-corrected chi connectivity index (χ1v) is 7.42. The van der Waals surface area contributed by atoms with Crippen LogP contribution in [0.5, 0.6) is 0 Å². The van der Waals surface area contributed by atoms with Crippen molar-refractivity contribution in [3.63, 3.8) is 0 Å². The Kier molecular flexibility index (Phi) is 3.79. The predicted octanol–water partition coefficient (Wildman–Crippen LogP) is 1.61. The van der Waals surface area contributed by atoms with Crippen LogP contribution in [0.2, 0.25) is 0 Å². The van der Waals surface area contributed by atoms with Gasteiger partial charge in [-0.05, 0) is 13.3 Å². The molecule has 1 unspecified atom stereocenters. The predicted molar refractivity (Wildman–Crippen MR) is 74.8 cm³/mol. The summed E-state index contributed by atoms with van der Waals surface area (Å²) in [7, 11) is 0. The van der Waals surface area contributed by atoms with Crippen molar-refractivity contribution >= 4 is 17.2 Å². The summed E-state index contributed by atoms with van der Waals surface area (Å²) in [5, 5.41) is 12.8. The van der Waals surface area contributed by atoms with E-state index in [9.17, 15) is 4.79 Å². The second kappa shape index (κ2) is 5.72. The molecular weight excluding hydrogens is 276 g/mol. The second-order valence-electron chi connectivity index (χ2n) is 4.80. The van der Waals surface area contributed by atoms with Gasteiger partial charge >= 0.3 is 0 Å². The molecule has 0 saturated carbocycles. The number of carbonyl (C=O) groups excluding carboxylic acids is 1. The lowest BCUT2D eigenvalue weighted by atomic mass is 10.0. The maximum atomic E-state index is 12.2. The summed E-state index contributed by atoms with van der Waals surface area (Å²) < 4.78 is 5.36. The van der Waals surface area contributed by atoms with Gasteiger partial charge in [0.05, 0.1) is 41.3 Å². The molecule has 1 fully saturated rings. The lowest BCUT2D eigenvalue weighted by molar-refractivity contribution is 0.0949. The number of H-pyrrole nitrogens is 1. The molecule has 20 heavy (non-hydrogen) atoms. The van der Waals surface area contributed by atoms with Crippen LogP contribution in [0, 0.1) is 6.92 Å². The Labute approximate surface area is 120 Å². The van der Waals surface area contributed by atoms with Gasteiger partial charge in [0, 0.05) is 17.9 Å². The van der Waals surface area contributed by atoms with Crippen molar-refractivity contribution in [1.29, 1.82) is 0 Å². The number of nitrogens with one attached hydrogen (secondary N) is 2. The molecular formula is C13H16N4O2S. The van der Waals surface area contributed by atoms with E-state index in [4.69, 9.17) is 4.74 Å². The van der Waals surface area contributed by atoms with Gasteiger partial charge in [0.1, 0.15) is 0 Å². The van der Waals surface area contributed by atoms with E-state index in [0.717, 1.165) is 29.4 Å². The van der Waals surface area contributed by atoms with Gasteiger partial charge < -0.3 is 10.1 Å². The molecule has 3 rings (SSSR count). The molecule has 1 aliphatic heterocycles. The smallest absolute Gasteiger partial charge is 0.255 e. The minimum atomic E-state index is -0.119. The van der Waals surface area contributed by atoms with Crippen molar-refractivity contribution in [3.8, 4) is 0 Å². The van der Waals surface area contributed by atoms with Gasteiger partial charge in [0.2, 0.25) is 0 Å². The number of amides is 1. The van der Waals surface area contributed by atoms with Crippen LogP contribution in [0.1, 0.15) is 39.1 Å². The van der Waals surface area contributed by atoms with Crippen LogP contribution in [0.25, 0.3) is 0 Å². The molecule has 0 radical (unpaired) electrons. The van der Waals surface area contributed by atoms with Crippen LogP contribution in [0.15, 0.2) is 11.6 Å². The largest absolute Gasteiger partial charge is 0.381 e. The third-order valence-electron chi connectivity index (χ3n) is 3.35. The molecule has 2 N–H and O–H groups in total. The molecule has 3 heterocycles. The number of hydrogen-bond acceptors (Lipinski definition) is 5. The highest BCUT2D eigenvalue weighted by molar-refractivity contribution is 7.09. The van der Waals surface area contributed by atoms with Gasteiger partial charge in [-0.25, -0.2) is 4.98 Å². The van der Waals surface area contributed by atoms with Crippen LogP contribution >= 0.6 is 11.3 Å². The van der Waals surface area contributed by atoms with E-state index in [2.05, 4.69) is 20.5 Å². The number of hydrogen-bond donors (Lipinski definition) is 2. The number of thiazole rings is 1. The fraction of sp³-hybridized carbons (Fsp3) is 0.462. The lowest BCUT2D eigenvalue weighted by Crippen LogP contribution is -2.24. The van der Waals surface area contributed by atoms with Gasteiger partial charge in [0.25, 0.3) is 5.91 Å². The van der Waals surface area contributed by atoms with Crippen molar-refractivity contribution < 1.29 is 9.53 Å². The van der Waals surface area contributed by atoms with E-state index in [0.29, 0.717) is 18.7 Å². The molecule has 0 bridgehead atoms. The summed E-state index contributed by atoms with van der Waals surface area (Å²) in [5.74, 6) is 0.117. The van der Waals surface area contributed by atoms with E-state index in [1.54, 1.807) is 17.5 Å². The van der Waals surface area contributed by atoms with E-state index < -0.39 is 0 Å². The van der Waals surface area contributed by atoms with Crippen LogP contribution in [0.3, 0.4) is 0 Å². The van der Waals surface area contributed by atoms with Crippen LogP contribution < -0.4 is 5.32 Å². The van der Waals surface area contributed by atoms with E-state index >= 15 is 0 Å². The maximum absolute atomic E-state index is 12.2. The average Bonchev–Trinajstić information content (AvgIpc) is 3.16. The standard InChI is InChI=1S/C13H16N4O2S/c1-8-16-10(7-20-8)4-14-13(18)11-5-15-17-12(11)9-2-3-19-6-9/h5,7,9H,2-4,6H2,1H3,(H,14,18)(H,15,17). The normalized spacial score (nSPS) is 18.4. The first-order chi connectivity index (χ1) is 9.74. The summed E-state index contributed by atoms with van der Waals surface area (Å²) in [5.41, 5.74) is 2.36.